The number of hydrogen-bond donors (Lipinski definition) is 1. The first-order valence-electron chi connectivity index (χ1n) is 3.19. The second-order valence-electron chi connectivity index (χ2n) is 2.15. The molecule has 2 heteroatoms. The minimum Gasteiger partial charge on any atom is -0.282 e. The van der Waals surface area contributed by atoms with Crippen LogP contribution in [0.3, 0.4) is 0 Å². The number of thiol groups is 1. The molecule has 0 fully saturated rings. The standard InChI is InChI=1S/C9H8OS/c1-7(9(10)11)8-5-3-2-4-6-8/h2-6H,1H2,(H,10,11). The fourth-order valence-electron chi connectivity index (χ4n) is 0.763. The molecule has 0 aliphatic rings. The maximum absolute atomic E-state index is 10.7. The fraction of sp³-hybridized carbons (Fsp3) is 0. The van der Waals surface area contributed by atoms with E-state index in [-0.39, 0.29) is 5.12 Å². The Morgan fingerprint density at radius 3 is 2.27 bits per heavy atom. The molecule has 0 aliphatic carbocycles. The third-order valence-electron chi connectivity index (χ3n) is 1.38. The van der Waals surface area contributed by atoms with Gasteiger partial charge in [0.2, 0.25) is 5.12 Å². The zero-order valence-corrected chi connectivity index (χ0v) is 6.84. The predicted octanol–water partition coefficient (Wildman–Crippen LogP) is 2.16. The highest BCUT2D eigenvalue weighted by Gasteiger charge is 2.02. The van der Waals surface area contributed by atoms with E-state index in [1.54, 1.807) is 0 Å². The van der Waals surface area contributed by atoms with E-state index in [4.69, 9.17) is 0 Å². The molecule has 0 atom stereocenters. The molecule has 0 amide bonds. The van der Waals surface area contributed by atoms with Gasteiger partial charge in [-0.15, -0.1) is 12.6 Å². The van der Waals surface area contributed by atoms with E-state index in [0.717, 1.165) is 5.56 Å². The number of hydrogen-bond acceptors (Lipinski definition) is 1. The van der Waals surface area contributed by atoms with Crippen LogP contribution in [0.1, 0.15) is 5.56 Å². The van der Waals surface area contributed by atoms with Gasteiger partial charge in [-0.05, 0) is 5.56 Å². The van der Waals surface area contributed by atoms with Crippen molar-refractivity contribution in [3.8, 4) is 0 Å². The summed E-state index contributed by atoms with van der Waals surface area (Å²) in [5.74, 6) is 0. The lowest BCUT2D eigenvalue weighted by molar-refractivity contribution is -0.106. The predicted molar refractivity (Wildman–Crippen MR) is 49.5 cm³/mol. The van der Waals surface area contributed by atoms with Gasteiger partial charge >= 0.3 is 0 Å². The van der Waals surface area contributed by atoms with Crippen molar-refractivity contribution in [1.82, 2.24) is 0 Å². The van der Waals surface area contributed by atoms with Gasteiger partial charge in [-0.25, -0.2) is 0 Å². The maximum Gasteiger partial charge on any atom is 0.216 e. The van der Waals surface area contributed by atoms with Gasteiger partial charge in [0.25, 0.3) is 0 Å². The second kappa shape index (κ2) is 3.39. The van der Waals surface area contributed by atoms with Crippen LogP contribution in [0.25, 0.3) is 5.57 Å². The highest BCUT2D eigenvalue weighted by atomic mass is 32.1. The largest absolute Gasteiger partial charge is 0.282 e. The minimum atomic E-state index is -0.281. The van der Waals surface area contributed by atoms with Crippen molar-refractivity contribution in [3.63, 3.8) is 0 Å². The molecule has 0 saturated heterocycles. The summed E-state index contributed by atoms with van der Waals surface area (Å²) in [6.07, 6.45) is 0. The maximum atomic E-state index is 10.7. The van der Waals surface area contributed by atoms with Crippen LogP contribution in [-0.2, 0) is 4.79 Å². The molecule has 11 heavy (non-hydrogen) atoms. The lowest BCUT2D eigenvalue weighted by atomic mass is 10.1. The van der Waals surface area contributed by atoms with E-state index in [0.29, 0.717) is 5.57 Å². The molecule has 1 aromatic rings. The summed E-state index contributed by atoms with van der Waals surface area (Å²) in [7, 11) is 0. The van der Waals surface area contributed by atoms with E-state index >= 15 is 0 Å². The average molecular weight is 164 g/mol. The van der Waals surface area contributed by atoms with Crippen LogP contribution in [-0.4, -0.2) is 5.12 Å². The summed E-state index contributed by atoms with van der Waals surface area (Å²) in [6, 6.07) is 9.27. The molecule has 0 radical (unpaired) electrons. The van der Waals surface area contributed by atoms with E-state index in [1.807, 2.05) is 30.3 Å². The Morgan fingerprint density at radius 2 is 1.82 bits per heavy atom. The molecule has 0 bridgehead atoms. The Bertz CT molecular complexity index is 277. The Kier molecular flexibility index (Phi) is 2.49. The lowest BCUT2D eigenvalue weighted by Gasteiger charge is -1.98. The molecule has 0 aromatic heterocycles. The van der Waals surface area contributed by atoms with Crippen molar-refractivity contribution in [2.45, 2.75) is 0 Å². The van der Waals surface area contributed by atoms with E-state index in [1.165, 1.54) is 0 Å². The van der Waals surface area contributed by atoms with E-state index in [9.17, 15) is 4.79 Å². The van der Waals surface area contributed by atoms with Crippen LogP contribution in [0.15, 0.2) is 36.9 Å². The van der Waals surface area contributed by atoms with Gasteiger partial charge in [0, 0.05) is 5.57 Å². The number of carbonyl (C=O) groups excluding carboxylic acids is 1. The molecular formula is C9H8OS. The van der Waals surface area contributed by atoms with Crippen LogP contribution in [0.2, 0.25) is 0 Å². The zero-order valence-electron chi connectivity index (χ0n) is 5.95. The molecule has 0 spiro atoms. The van der Waals surface area contributed by atoms with Crippen LogP contribution in [0, 0.1) is 0 Å². The van der Waals surface area contributed by atoms with Gasteiger partial charge in [0.05, 0.1) is 0 Å². The van der Waals surface area contributed by atoms with Gasteiger partial charge in [0.1, 0.15) is 0 Å². The molecule has 0 saturated carbocycles. The monoisotopic (exact) mass is 164 g/mol. The topological polar surface area (TPSA) is 17.1 Å². The molecule has 1 aromatic carbocycles. The molecule has 0 N–H and O–H groups in total. The van der Waals surface area contributed by atoms with Crippen LogP contribution >= 0.6 is 12.6 Å². The molecule has 0 unspecified atom stereocenters. The van der Waals surface area contributed by atoms with E-state index < -0.39 is 0 Å². The summed E-state index contributed by atoms with van der Waals surface area (Å²) in [5, 5.41) is -0.281. The third-order valence-corrected chi connectivity index (χ3v) is 1.65. The summed E-state index contributed by atoms with van der Waals surface area (Å²) >= 11 is 3.67. The van der Waals surface area contributed by atoms with Crippen LogP contribution in [0.5, 0.6) is 0 Å². The number of carbonyl (C=O) groups is 1. The summed E-state index contributed by atoms with van der Waals surface area (Å²) in [4.78, 5) is 10.7. The normalized spacial score (nSPS) is 9.18. The SMILES string of the molecule is C=C(C(=O)S)c1ccccc1. The summed E-state index contributed by atoms with van der Waals surface area (Å²) in [5.41, 5.74) is 1.27. The van der Waals surface area contributed by atoms with Crippen molar-refractivity contribution in [1.29, 1.82) is 0 Å². The molecular weight excluding hydrogens is 156 g/mol. The zero-order chi connectivity index (χ0) is 8.27. The number of benzene rings is 1. The highest BCUT2D eigenvalue weighted by molar-refractivity contribution is 7.98. The third kappa shape index (κ3) is 1.95. The van der Waals surface area contributed by atoms with Crippen molar-refractivity contribution in [2.24, 2.45) is 0 Å². The van der Waals surface area contributed by atoms with Crippen LogP contribution < -0.4 is 0 Å². The molecule has 0 heterocycles. The molecule has 0 aliphatic heterocycles. The Balaban J connectivity index is 2.95. The Morgan fingerprint density at radius 1 is 1.27 bits per heavy atom. The Labute approximate surface area is 71.2 Å². The van der Waals surface area contributed by atoms with Crippen molar-refractivity contribution in [2.75, 3.05) is 0 Å². The first-order valence-corrected chi connectivity index (χ1v) is 3.64. The van der Waals surface area contributed by atoms with Crippen molar-refractivity contribution in [3.05, 3.63) is 42.5 Å². The smallest absolute Gasteiger partial charge is 0.216 e. The molecule has 1 nitrogen and oxygen atoms in total. The van der Waals surface area contributed by atoms with Gasteiger partial charge in [0.15, 0.2) is 0 Å². The average Bonchev–Trinajstić information content (AvgIpc) is 2.05. The summed E-state index contributed by atoms with van der Waals surface area (Å²) < 4.78 is 0. The first kappa shape index (κ1) is 8.08. The quantitative estimate of drug-likeness (QED) is 0.523. The van der Waals surface area contributed by atoms with Gasteiger partial charge < -0.3 is 0 Å². The van der Waals surface area contributed by atoms with Gasteiger partial charge in [-0.3, -0.25) is 4.79 Å². The fourth-order valence-corrected chi connectivity index (χ4v) is 0.892. The van der Waals surface area contributed by atoms with Gasteiger partial charge in [-0.2, -0.15) is 0 Å². The molecule has 56 valence electrons. The van der Waals surface area contributed by atoms with Crippen LogP contribution in [0.4, 0.5) is 0 Å². The highest BCUT2D eigenvalue weighted by Crippen LogP contribution is 2.13. The van der Waals surface area contributed by atoms with Crippen molar-refractivity contribution >= 4 is 23.3 Å². The van der Waals surface area contributed by atoms with E-state index in [2.05, 4.69) is 19.2 Å². The summed E-state index contributed by atoms with van der Waals surface area (Å²) in [6.45, 7) is 3.60. The minimum absolute atomic E-state index is 0.281. The Hall–Kier alpha value is -1.02. The second-order valence-corrected chi connectivity index (χ2v) is 2.56. The first-order chi connectivity index (χ1) is 5.22. The van der Waals surface area contributed by atoms with Crippen molar-refractivity contribution < 1.29 is 4.79 Å². The van der Waals surface area contributed by atoms with Gasteiger partial charge in [-0.1, -0.05) is 36.9 Å². The number of rotatable bonds is 2. The lowest BCUT2D eigenvalue weighted by Crippen LogP contribution is -1.89. The molecule has 1 rings (SSSR count).